The highest BCUT2D eigenvalue weighted by Crippen LogP contribution is 2.26. The van der Waals surface area contributed by atoms with Gasteiger partial charge in [0.15, 0.2) is 0 Å². The molecule has 3 rings (SSSR count). The molecule has 1 saturated carbocycles. The fraction of sp³-hybridized carbons (Fsp3) is 0.742. The fourth-order valence-electron chi connectivity index (χ4n) is 4.18. The SMILES string of the molecule is CC.CC(NC(=O)Cc1cnccn1)C1CCCCC1.CC1CCCN1C(=O)CNC=O.CCC(C)C.CS.O=CO. The van der Waals surface area contributed by atoms with E-state index in [4.69, 9.17) is 9.90 Å². The number of carbonyl (C=O) groups excluding carboxylic acids is 3. The Morgan fingerprint density at radius 3 is 2.07 bits per heavy atom. The number of nitrogens with one attached hydrogen (secondary N) is 2. The zero-order chi connectivity index (χ0) is 32.8. The number of hydrogen-bond acceptors (Lipinski definition) is 7. The summed E-state index contributed by atoms with van der Waals surface area (Å²) in [5.74, 6) is 1.60. The lowest BCUT2D eigenvalue weighted by Gasteiger charge is -2.28. The van der Waals surface area contributed by atoms with Gasteiger partial charge in [-0.05, 0) is 57.6 Å². The van der Waals surface area contributed by atoms with E-state index >= 15 is 0 Å². The number of likely N-dealkylation sites (tertiary alicyclic amines) is 1. The molecule has 2 fully saturated rings. The predicted molar refractivity (Wildman–Crippen MR) is 174 cm³/mol. The molecule has 1 aromatic rings. The number of nitrogens with zero attached hydrogens (tertiary/aromatic N) is 3. The Morgan fingerprint density at radius 1 is 1.07 bits per heavy atom. The Kier molecular flexibility index (Phi) is 32.6. The molecule has 42 heavy (non-hydrogen) atoms. The zero-order valence-corrected chi connectivity index (χ0v) is 28.2. The highest BCUT2D eigenvalue weighted by Gasteiger charge is 2.24. The van der Waals surface area contributed by atoms with Crippen LogP contribution < -0.4 is 10.6 Å². The van der Waals surface area contributed by atoms with Gasteiger partial charge in [0.05, 0.1) is 18.7 Å². The van der Waals surface area contributed by atoms with E-state index in [9.17, 15) is 14.4 Å². The van der Waals surface area contributed by atoms with Gasteiger partial charge in [-0.15, -0.1) is 0 Å². The Balaban J connectivity index is -0.000000546. The van der Waals surface area contributed by atoms with Crippen molar-refractivity contribution in [3.05, 3.63) is 24.3 Å². The van der Waals surface area contributed by atoms with Gasteiger partial charge in [0.2, 0.25) is 18.2 Å². The Bertz CT molecular complexity index is 780. The van der Waals surface area contributed by atoms with Crippen molar-refractivity contribution in [3.63, 3.8) is 0 Å². The number of hydrogen-bond donors (Lipinski definition) is 4. The van der Waals surface area contributed by atoms with E-state index in [0.29, 0.717) is 24.8 Å². The second kappa shape index (κ2) is 31.3. The summed E-state index contributed by atoms with van der Waals surface area (Å²) >= 11 is 3.53. The van der Waals surface area contributed by atoms with Crippen LogP contribution in [0.15, 0.2) is 18.6 Å². The van der Waals surface area contributed by atoms with Gasteiger partial charge in [0, 0.05) is 37.2 Å². The number of aromatic nitrogens is 2. The van der Waals surface area contributed by atoms with E-state index in [1.165, 1.54) is 38.5 Å². The second-order valence-electron chi connectivity index (χ2n) is 10.1. The molecule has 2 atom stereocenters. The van der Waals surface area contributed by atoms with E-state index in [2.05, 4.69) is 60.9 Å². The third-order valence-corrected chi connectivity index (χ3v) is 6.73. The molecular weight excluding hydrogens is 554 g/mol. The van der Waals surface area contributed by atoms with Crippen LogP contribution in [-0.4, -0.2) is 76.1 Å². The molecule has 3 N–H and O–H groups in total. The molecule has 2 heterocycles. The van der Waals surface area contributed by atoms with E-state index < -0.39 is 0 Å². The van der Waals surface area contributed by atoms with Crippen LogP contribution in [-0.2, 0) is 25.6 Å². The standard InChI is InChI=1S/C14H21N3O.C8H14N2O2.C5H12.C2H6.CH2O2.CH4S/c1-11(12-5-3-2-4-6-12)17-14(18)9-13-10-15-7-8-16-13;1-7-3-2-4-10(7)8(12)5-9-6-11;1-4-5(2)3;1-2;2-1-3;1-2/h7-8,10-12H,2-6,9H2,1H3,(H,17,18);6-7H,2-5H2,1H3,(H,9,11);5H,4H2,1-3H3;1-2H3;1H,(H,2,3);2H,1H3. The van der Waals surface area contributed by atoms with Crippen molar-refractivity contribution in [3.8, 4) is 0 Å². The van der Waals surface area contributed by atoms with Crippen LogP contribution in [0.5, 0.6) is 0 Å². The van der Waals surface area contributed by atoms with Crippen molar-refractivity contribution in [2.24, 2.45) is 11.8 Å². The average molecular weight is 614 g/mol. The minimum atomic E-state index is -0.250. The monoisotopic (exact) mass is 613 g/mol. The van der Waals surface area contributed by atoms with Crippen LogP contribution in [0.2, 0.25) is 0 Å². The van der Waals surface area contributed by atoms with Crippen molar-refractivity contribution in [1.82, 2.24) is 25.5 Å². The summed E-state index contributed by atoms with van der Waals surface area (Å²) in [4.78, 5) is 51.4. The van der Waals surface area contributed by atoms with Gasteiger partial charge in [-0.1, -0.05) is 60.3 Å². The van der Waals surface area contributed by atoms with Crippen LogP contribution in [0.25, 0.3) is 0 Å². The summed E-state index contributed by atoms with van der Waals surface area (Å²) in [6, 6.07) is 0.612. The first-order chi connectivity index (χ1) is 20.2. The Labute approximate surface area is 260 Å². The van der Waals surface area contributed by atoms with Crippen molar-refractivity contribution in [1.29, 1.82) is 0 Å². The maximum Gasteiger partial charge on any atom is 0.290 e. The lowest BCUT2D eigenvalue weighted by molar-refractivity contribution is -0.131. The largest absolute Gasteiger partial charge is 0.483 e. The molecule has 0 aromatic carbocycles. The van der Waals surface area contributed by atoms with Gasteiger partial charge in [0.1, 0.15) is 0 Å². The van der Waals surface area contributed by atoms with E-state index in [0.717, 1.165) is 31.0 Å². The molecule has 1 aromatic heterocycles. The van der Waals surface area contributed by atoms with E-state index in [1.807, 2.05) is 25.7 Å². The van der Waals surface area contributed by atoms with Gasteiger partial charge < -0.3 is 20.6 Å². The normalized spacial score (nSPS) is 16.0. The van der Waals surface area contributed by atoms with Gasteiger partial charge in [-0.25, -0.2) is 0 Å². The number of carboxylic acid groups (broad SMARTS) is 1. The minimum Gasteiger partial charge on any atom is -0.483 e. The second-order valence-corrected chi connectivity index (χ2v) is 10.1. The van der Waals surface area contributed by atoms with Crippen LogP contribution >= 0.6 is 12.6 Å². The summed E-state index contributed by atoms with van der Waals surface area (Å²) in [6.45, 7) is 15.5. The molecule has 0 bridgehead atoms. The van der Waals surface area contributed by atoms with Crippen molar-refractivity contribution in [2.45, 2.75) is 118 Å². The third-order valence-electron chi connectivity index (χ3n) is 6.73. The molecular formula is C31H59N5O5S. The van der Waals surface area contributed by atoms with E-state index in [1.54, 1.807) is 24.8 Å². The molecule has 0 radical (unpaired) electrons. The first-order valence-corrected chi connectivity index (χ1v) is 16.1. The van der Waals surface area contributed by atoms with Gasteiger partial charge in [-0.3, -0.25) is 29.1 Å². The smallest absolute Gasteiger partial charge is 0.290 e. The molecule has 10 nitrogen and oxygen atoms in total. The first kappa shape index (κ1) is 43.8. The van der Waals surface area contributed by atoms with Crippen molar-refractivity contribution in [2.75, 3.05) is 19.3 Å². The topological polar surface area (TPSA) is 142 Å². The predicted octanol–water partition coefficient (Wildman–Crippen LogP) is 5.17. The lowest BCUT2D eigenvalue weighted by Crippen LogP contribution is -2.39. The molecule has 2 aliphatic rings. The lowest BCUT2D eigenvalue weighted by atomic mass is 9.84. The molecule has 1 saturated heterocycles. The maximum atomic E-state index is 11.9. The molecule has 244 valence electrons. The summed E-state index contributed by atoms with van der Waals surface area (Å²) in [5.41, 5.74) is 0.728. The molecule has 1 aliphatic heterocycles. The Hall–Kier alpha value is -2.69. The number of amides is 3. The average Bonchev–Trinajstić information content (AvgIpc) is 3.45. The maximum absolute atomic E-state index is 11.9. The van der Waals surface area contributed by atoms with Crippen molar-refractivity contribution < 1.29 is 24.3 Å². The van der Waals surface area contributed by atoms with Crippen LogP contribution in [0, 0.1) is 11.8 Å². The van der Waals surface area contributed by atoms with E-state index in [-0.39, 0.29) is 30.9 Å². The van der Waals surface area contributed by atoms with Gasteiger partial charge in [-0.2, -0.15) is 12.6 Å². The summed E-state index contributed by atoms with van der Waals surface area (Å²) in [7, 11) is 0. The molecule has 11 heteroatoms. The number of thiol groups is 1. The number of carbonyl (C=O) groups is 4. The van der Waals surface area contributed by atoms with Crippen molar-refractivity contribution >= 4 is 37.3 Å². The fourth-order valence-corrected chi connectivity index (χ4v) is 4.18. The highest BCUT2D eigenvalue weighted by molar-refractivity contribution is 7.79. The zero-order valence-electron chi connectivity index (χ0n) is 27.3. The third kappa shape index (κ3) is 24.0. The minimum absolute atomic E-state index is 0.0205. The van der Waals surface area contributed by atoms with Crippen LogP contribution in [0.3, 0.4) is 0 Å². The molecule has 1 aliphatic carbocycles. The number of rotatable bonds is 8. The first-order valence-electron chi connectivity index (χ1n) is 15.2. The Morgan fingerprint density at radius 2 is 1.64 bits per heavy atom. The van der Waals surface area contributed by atoms with Gasteiger partial charge in [0.25, 0.3) is 6.47 Å². The van der Waals surface area contributed by atoms with Crippen LogP contribution in [0.1, 0.15) is 106 Å². The molecule has 3 amide bonds. The highest BCUT2D eigenvalue weighted by atomic mass is 32.1. The van der Waals surface area contributed by atoms with Gasteiger partial charge >= 0.3 is 0 Å². The summed E-state index contributed by atoms with van der Waals surface area (Å²) in [5, 5.41) is 12.4. The molecule has 2 unspecified atom stereocenters. The molecule has 0 spiro atoms. The van der Waals surface area contributed by atoms with Crippen LogP contribution in [0.4, 0.5) is 0 Å². The quantitative estimate of drug-likeness (QED) is 0.234. The summed E-state index contributed by atoms with van der Waals surface area (Å²) in [6.07, 6.45) is 17.3. The summed E-state index contributed by atoms with van der Waals surface area (Å²) < 4.78 is 0.